The van der Waals surface area contributed by atoms with Crippen molar-refractivity contribution in [3.8, 4) is 0 Å². The molecule has 2 aromatic carbocycles. The maximum Gasteiger partial charge on any atom is 0.306 e. The molecule has 0 unspecified atom stereocenters. The molecule has 4 nitrogen and oxygen atoms in total. The number of esters is 1. The predicted octanol–water partition coefficient (Wildman–Crippen LogP) is 6.15. The van der Waals surface area contributed by atoms with E-state index in [1.165, 1.54) is 24.3 Å². The first-order chi connectivity index (χ1) is 16.5. The van der Waals surface area contributed by atoms with E-state index in [1.807, 2.05) is 6.92 Å². The fourth-order valence-electron chi connectivity index (χ4n) is 4.82. The van der Waals surface area contributed by atoms with Gasteiger partial charge in [0.2, 0.25) is 0 Å². The topological polar surface area (TPSA) is 38.8 Å². The molecule has 0 N–H and O–H groups in total. The lowest BCUT2D eigenvalue weighted by atomic mass is 9.81. The van der Waals surface area contributed by atoms with E-state index in [0.717, 1.165) is 56.4 Å². The molecule has 0 saturated carbocycles. The second-order valence-electron chi connectivity index (χ2n) is 9.09. The number of likely N-dealkylation sites (tertiary alicyclic amines) is 1. The quantitative estimate of drug-likeness (QED) is 0.274. The van der Waals surface area contributed by atoms with Crippen LogP contribution in [0.5, 0.6) is 0 Å². The minimum Gasteiger partial charge on any atom is -0.466 e. The van der Waals surface area contributed by atoms with Crippen molar-refractivity contribution in [1.29, 1.82) is 0 Å². The van der Waals surface area contributed by atoms with E-state index in [1.54, 1.807) is 24.3 Å². The highest BCUT2D eigenvalue weighted by molar-refractivity contribution is 5.69. The van der Waals surface area contributed by atoms with E-state index in [4.69, 9.17) is 9.47 Å². The van der Waals surface area contributed by atoms with Gasteiger partial charge in [-0.1, -0.05) is 37.6 Å². The van der Waals surface area contributed by atoms with Gasteiger partial charge in [-0.15, -0.1) is 0 Å². The van der Waals surface area contributed by atoms with Crippen LogP contribution in [0.1, 0.15) is 63.2 Å². The van der Waals surface area contributed by atoms with E-state index in [-0.39, 0.29) is 23.7 Å². The third-order valence-electron chi connectivity index (χ3n) is 6.73. The summed E-state index contributed by atoms with van der Waals surface area (Å²) in [5.41, 5.74) is 1.70. The summed E-state index contributed by atoms with van der Waals surface area (Å²) >= 11 is 0. The molecule has 0 aliphatic carbocycles. The van der Waals surface area contributed by atoms with Crippen LogP contribution < -0.4 is 0 Å². The van der Waals surface area contributed by atoms with Crippen LogP contribution in [0.25, 0.3) is 0 Å². The van der Waals surface area contributed by atoms with Gasteiger partial charge in [-0.05, 0) is 86.5 Å². The second-order valence-corrected chi connectivity index (χ2v) is 9.09. The van der Waals surface area contributed by atoms with Crippen LogP contribution in [-0.2, 0) is 14.3 Å². The molecule has 0 bridgehead atoms. The third kappa shape index (κ3) is 7.88. The molecule has 0 radical (unpaired) electrons. The summed E-state index contributed by atoms with van der Waals surface area (Å²) in [5, 5.41) is 0. The zero-order valence-corrected chi connectivity index (χ0v) is 20.3. The van der Waals surface area contributed by atoms with Crippen LogP contribution in [0.15, 0.2) is 48.5 Å². The number of benzene rings is 2. The summed E-state index contributed by atoms with van der Waals surface area (Å²) in [7, 11) is 0. The Kier molecular flexibility index (Phi) is 10.5. The average Bonchev–Trinajstić information content (AvgIpc) is 2.84. The minimum atomic E-state index is -0.357. The number of piperidine rings is 1. The van der Waals surface area contributed by atoms with Gasteiger partial charge in [-0.2, -0.15) is 0 Å². The Morgan fingerprint density at radius 3 is 2.15 bits per heavy atom. The first-order valence-corrected chi connectivity index (χ1v) is 12.5. The Morgan fingerprint density at radius 1 is 0.971 bits per heavy atom. The highest BCUT2D eigenvalue weighted by Gasteiger charge is 2.29. The highest BCUT2D eigenvalue weighted by Crippen LogP contribution is 2.30. The zero-order chi connectivity index (χ0) is 24.3. The van der Waals surface area contributed by atoms with Crippen LogP contribution in [0.4, 0.5) is 8.78 Å². The molecule has 34 heavy (non-hydrogen) atoms. The molecular formula is C28H37F2NO3. The van der Waals surface area contributed by atoms with Crippen molar-refractivity contribution in [3.63, 3.8) is 0 Å². The maximum atomic E-state index is 13.4. The normalized spacial score (nSPS) is 18.9. The lowest BCUT2D eigenvalue weighted by Gasteiger charge is -2.38. The lowest BCUT2D eigenvalue weighted by Crippen LogP contribution is -2.41. The van der Waals surface area contributed by atoms with Crippen molar-refractivity contribution in [2.24, 2.45) is 11.8 Å². The van der Waals surface area contributed by atoms with Crippen LogP contribution in [0.3, 0.4) is 0 Å². The van der Waals surface area contributed by atoms with E-state index in [0.29, 0.717) is 31.5 Å². The van der Waals surface area contributed by atoms with E-state index in [9.17, 15) is 13.6 Å². The number of rotatable bonds is 12. The molecule has 1 aliphatic heterocycles. The van der Waals surface area contributed by atoms with E-state index in [2.05, 4.69) is 11.8 Å². The van der Waals surface area contributed by atoms with Crippen molar-refractivity contribution < 1.29 is 23.0 Å². The molecule has 0 spiro atoms. The van der Waals surface area contributed by atoms with Crippen molar-refractivity contribution in [2.75, 3.05) is 32.8 Å². The number of carbonyl (C=O) groups is 1. The Labute approximate surface area is 202 Å². The van der Waals surface area contributed by atoms with Gasteiger partial charge in [0.15, 0.2) is 0 Å². The molecule has 1 saturated heterocycles. The van der Waals surface area contributed by atoms with Gasteiger partial charge in [0.05, 0.1) is 6.61 Å². The number of hydrogen-bond acceptors (Lipinski definition) is 4. The van der Waals surface area contributed by atoms with Crippen molar-refractivity contribution in [2.45, 2.75) is 52.1 Å². The van der Waals surface area contributed by atoms with Crippen LogP contribution in [0.2, 0.25) is 0 Å². The first-order valence-electron chi connectivity index (χ1n) is 12.5. The van der Waals surface area contributed by atoms with Crippen molar-refractivity contribution in [3.05, 3.63) is 71.3 Å². The van der Waals surface area contributed by atoms with Crippen LogP contribution in [0, 0.1) is 23.5 Å². The average molecular weight is 474 g/mol. The summed E-state index contributed by atoms with van der Waals surface area (Å²) in [4.78, 5) is 14.4. The Balaban J connectivity index is 1.46. The van der Waals surface area contributed by atoms with Gasteiger partial charge in [0.25, 0.3) is 0 Å². The minimum absolute atomic E-state index is 0.0755. The number of halogens is 2. The molecule has 1 fully saturated rings. The predicted molar refractivity (Wildman–Crippen MR) is 129 cm³/mol. The summed E-state index contributed by atoms with van der Waals surface area (Å²) in [6.45, 7) is 8.10. The number of hydrogen-bond donors (Lipinski definition) is 0. The summed E-state index contributed by atoms with van der Waals surface area (Å²) in [6.07, 6.45) is 4.19. The molecule has 1 aliphatic rings. The van der Waals surface area contributed by atoms with Gasteiger partial charge in [-0.25, -0.2) is 8.78 Å². The maximum absolute atomic E-state index is 13.4. The summed E-state index contributed by atoms with van der Waals surface area (Å²) < 4.78 is 38.1. The fraction of sp³-hybridized carbons (Fsp3) is 0.536. The number of unbranched alkanes of at least 4 members (excludes halogenated alkanes) is 1. The van der Waals surface area contributed by atoms with Crippen molar-refractivity contribution >= 4 is 5.97 Å². The van der Waals surface area contributed by atoms with E-state index < -0.39 is 0 Å². The molecule has 0 amide bonds. The van der Waals surface area contributed by atoms with Gasteiger partial charge >= 0.3 is 5.97 Å². The third-order valence-corrected chi connectivity index (χ3v) is 6.73. The largest absolute Gasteiger partial charge is 0.466 e. The van der Waals surface area contributed by atoms with Gasteiger partial charge in [-0.3, -0.25) is 4.79 Å². The first kappa shape index (κ1) is 26.3. The lowest BCUT2D eigenvalue weighted by molar-refractivity contribution is -0.145. The van der Waals surface area contributed by atoms with Crippen molar-refractivity contribution in [1.82, 2.24) is 4.90 Å². The zero-order valence-electron chi connectivity index (χ0n) is 20.3. The van der Waals surface area contributed by atoms with Gasteiger partial charge in [0.1, 0.15) is 17.7 Å². The second kappa shape index (κ2) is 13.5. The van der Waals surface area contributed by atoms with Gasteiger partial charge in [0, 0.05) is 19.6 Å². The Hall–Kier alpha value is -2.31. The monoisotopic (exact) mass is 473 g/mol. The number of nitrogens with zero attached hydrogens (tertiary/aromatic N) is 1. The standard InChI is InChI=1S/C28H37F2NO3/c1-3-21-20-31(17-15-24(21)19-27(32)33-4-2)16-5-6-18-34-28(22-7-11-25(29)12-8-22)23-9-13-26(30)14-10-23/h7-14,21,24,28H,3-6,15-20H2,1-2H3/t21-,24-/m1/s1. The molecule has 3 rings (SSSR count). The smallest absolute Gasteiger partial charge is 0.306 e. The SMILES string of the molecule is CCOC(=O)C[C@H]1CCN(CCCCOC(c2ccc(F)cc2)c2ccc(F)cc2)C[C@H]1CC. The summed E-state index contributed by atoms with van der Waals surface area (Å²) in [5.74, 6) is 0.274. The van der Waals surface area contributed by atoms with Crippen LogP contribution in [-0.4, -0.2) is 43.7 Å². The molecule has 186 valence electrons. The molecular weight excluding hydrogens is 436 g/mol. The highest BCUT2D eigenvalue weighted by atomic mass is 19.1. The molecule has 0 aromatic heterocycles. The number of ether oxygens (including phenoxy) is 2. The fourth-order valence-corrected chi connectivity index (χ4v) is 4.82. The van der Waals surface area contributed by atoms with Gasteiger partial charge < -0.3 is 14.4 Å². The molecule has 2 atom stereocenters. The molecule has 2 aromatic rings. The molecule has 6 heteroatoms. The molecule has 1 heterocycles. The Morgan fingerprint density at radius 2 is 1.59 bits per heavy atom. The Bertz CT molecular complexity index is 827. The number of carbonyl (C=O) groups excluding carboxylic acids is 1. The van der Waals surface area contributed by atoms with Crippen LogP contribution >= 0.6 is 0 Å². The van der Waals surface area contributed by atoms with E-state index >= 15 is 0 Å². The summed E-state index contributed by atoms with van der Waals surface area (Å²) in [6, 6.07) is 12.6.